The second kappa shape index (κ2) is 8.68. The summed E-state index contributed by atoms with van der Waals surface area (Å²) in [7, 11) is 0. The summed E-state index contributed by atoms with van der Waals surface area (Å²) in [5.74, 6) is -0.520. The number of urea groups is 1. The quantitative estimate of drug-likeness (QED) is 0.718. The van der Waals surface area contributed by atoms with Gasteiger partial charge in [0.25, 0.3) is 5.91 Å². The molecule has 1 aliphatic heterocycles. The Kier molecular flexibility index (Phi) is 6.08. The maximum Gasteiger partial charge on any atom is 0.324 e. The lowest BCUT2D eigenvalue weighted by atomic mass is 10.1. The molecule has 6 nitrogen and oxygen atoms in total. The number of hydrogen-bond donors (Lipinski definition) is 2. The molecule has 0 saturated carbocycles. The largest absolute Gasteiger partial charge is 0.326 e. The molecule has 27 heavy (non-hydrogen) atoms. The van der Waals surface area contributed by atoms with Crippen LogP contribution in [0.3, 0.4) is 0 Å². The zero-order valence-corrected chi connectivity index (χ0v) is 15.4. The normalized spacial score (nSPS) is 16.3. The van der Waals surface area contributed by atoms with Gasteiger partial charge in [0.05, 0.1) is 0 Å². The molecule has 1 saturated heterocycles. The first kappa shape index (κ1) is 18.9. The van der Waals surface area contributed by atoms with Crippen LogP contribution in [0, 0.1) is 0 Å². The number of hydrogen-bond acceptors (Lipinski definition) is 3. The molecule has 1 unspecified atom stereocenters. The van der Waals surface area contributed by atoms with E-state index in [-0.39, 0.29) is 24.7 Å². The Morgan fingerprint density at radius 2 is 1.89 bits per heavy atom. The Morgan fingerprint density at radius 1 is 1.11 bits per heavy atom. The number of imide groups is 1. The highest BCUT2D eigenvalue weighted by Crippen LogP contribution is 2.16. The van der Waals surface area contributed by atoms with Crippen molar-refractivity contribution >= 4 is 35.1 Å². The van der Waals surface area contributed by atoms with Crippen molar-refractivity contribution in [3.05, 3.63) is 65.2 Å². The third kappa shape index (κ3) is 5.08. The molecule has 4 amide bonds. The summed E-state index contributed by atoms with van der Waals surface area (Å²) in [4.78, 5) is 37.8. The Balaban J connectivity index is 1.48. The molecule has 1 aliphatic rings. The van der Waals surface area contributed by atoms with E-state index in [1.807, 2.05) is 30.3 Å². The Hall–Kier alpha value is -2.86. The number of amides is 4. The summed E-state index contributed by atoms with van der Waals surface area (Å²) in [5, 5.41) is 5.91. The number of carbonyl (C=O) groups excluding carboxylic acids is 3. The van der Waals surface area contributed by atoms with Crippen LogP contribution >= 0.6 is 11.6 Å². The molecule has 0 aromatic heterocycles. The molecule has 2 aromatic carbocycles. The fourth-order valence-corrected chi connectivity index (χ4v) is 3.13. The van der Waals surface area contributed by atoms with Crippen molar-refractivity contribution in [3.63, 3.8) is 0 Å². The average Bonchev–Trinajstić information content (AvgIpc) is 2.92. The first-order valence-electron chi connectivity index (χ1n) is 8.74. The van der Waals surface area contributed by atoms with Crippen LogP contribution in [0.15, 0.2) is 54.6 Å². The van der Waals surface area contributed by atoms with Gasteiger partial charge in [0, 0.05) is 23.7 Å². The predicted molar refractivity (Wildman–Crippen MR) is 103 cm³/mol. The molecule has 0 spiro atoms. The lowest BCUT2D eigenvalue weighted by Crippen LogP contribution is -2.33. The number of carbonyl (C=O) groups is 3. The zero-order valence-electron chi connectivity index (χ0n) is 14.7. The highest BCUT2D eigenvalue weighted by Gasteiger charge is 2.37. The van der Waals surface area contributed by atoms with Crippen LogP contribution in [0.4, 0.5) is 10.5 Å². The Bertz CT molecular complexity index is 841. The van der Waals surface area contributed by atoms with Crippen molar-refractivity contribution in [1.29, 1.82) is 0 Å². The van der Waals surface area contributed by atoms with E-state index in [0.29, 0.717) is 23.7 Å². The summed E-state index contributed by atoms with van der Waals surface area (Å²) >= 11 is 5.89. The minimum absolute atomic E-state index is 0.121. The highest BCUT2D eigenvalue weighted by atomic mass is 35.5. The minimum atomic E-state index is -0.668. The molecule has 3 rings (SSSR count). The van der Waals surface area contributed by atoms with Crippen molar-refractivity contribution < 1.29 is 14.4 Å². The third-order valence-electron chi connectivity index (χ3n) is 4.34. The molecular formula is C20H20ClN3O3. The second-order valence-corrected chi connectivity index (χ2v) is 6.76. The van der Waals surface area contributed by atoms with Crippen LogP contribution in [-0.4, -0.2) is 35.3 Å². The Labute approximate surface area is 162 Å². The molecule has 1 heterocycles. The number of benzene rings is 2. The number of nitrogens with zero attached hydrogens (tertiary/aromatic N) is 1. The zero-order chi connectivity index (χ0) is 19.2. The van der Waals surface area contributed by atoms with Gasteiger partial charge >= 0.3 is 6.03 Å². The fourth-order valence-electron chi connectivity index (χ4n) is 2.94. The van der Waals surface area contributed by atoms with Gasteiger partial charge in [-0.2, -0.15) is 0 Å². The van der Waals surface area contributed by atoms with E-state index in [1.165, 1.54) is 4.90 Å². The molecule has 1 fully saturated rings. The van der Waals surface area contributed by atoms with E-state index in [4.69, 9.17) is 11.6 Å². The number of halogens is 1. The van der Waals surface area contributed by atoms with Gasteiger partial charge in [-0.1, -0.05) is 48.0 Å². The average molecular weight is 386 g/mol. The maximum absolute atomic E-state index is 12.4. The van der Waals surface area contributed by atoms with Gasteiger partial charge in [-0.25, -0.2) is 4.79 Å². The molecule has 1 atom stereocenters. The minimum Gasteiger partial charge on any atom is -0.326 e. The highest BCUT2D eigenvalue weighted by molar-refractivity contribution is 6.30. The van der Waals surface area contributed by atoms with Crippen molar-refractivity contribution in [2.75, 3.05) is 11.9 Å². The molecule has 0 bridgehead atoms. The number of nitrogens with one attached hydrogen (secondary N) is 2. The molecular weight excluding hydrogens is 366 g/mol. The predicted octanol–water partition coefficient (Wildman–Crippen LogP) is 3.22. The Morgan fingerprint density at radius 3 is 2.63 bits per heavy atom. The summed E-state index contributed by atoms with van der Waals surface area (Å²) in [5.41, 5.74) is 1.65. The van der Waals surface area contributed by atoms with Gasteiger partial charge in [0.1, 0.15) is 6.04 Å². The lowest BCUT2D eigenvalue weighted by Gasteiger charge is -2.13. The molecule has 140 valence electrons. The first-order chi connectivity index (χ1) is 13.0. The van der Waals surface area contributed by atoms with Gasteiger partial charge in [0.15, 0.2) is 0 Å². The van der Waals surface area contributed by atoms with Crippen LogP contribution in [0.5, 0.6) is 0 Å². The summed E-state index contributed by atoms with van der Waals surface area (Å²) in [6.07, 6.45) is 0.969. The molecule has 2 N–H and O–H groups in total. The van der Waals surface area contributed by atoms with Crippen LogP contribution in [0.1, 0.15) is 18.4 Å². The van der Waals surface area contributed by atoms with Gasteiger partial charge in [-0.05, 0) is 36.6 Å². The maximum atomic E-state index is 12.4. The fraction of sp³-hybridized carbons (Fsp3) is 0.250. The van der Waals surface area contributed by atoms with Crippen LogP contribution in [0.2, 0.25) is 5.02 Å². The van der Waals surface area contributed by atoms with Gasteiger partial charge in [0.2, 0.25) is 5.91 Å². The van der Waals surface area contributed by atoms with E-state index < -0.39 is 12.1 Å². The van der Waals surface area contributed by atoms with E-state index in [1.54, 1.807) is 24.3 Å². The summed E-state index contributed by atoms with van der Waals surface area (Å²) in [6, 6.07) is 15.4. The van der Waals surface area contributed by atoms with Crippen molar-refractivity contribution in [1.82, 2.24) is 10.2 Å². The molecule has 7 heteroatoms. The third-order valence-corrected chi connectivity index (χ3v) is 4.58. The summed E-state index contributed by atoms with van der Waals surface area (Å²) < 4.78 is 0. The van der Waals surface area contributed by atoms with Crippen molar-refractivity contribution in [2.24, 2.45) is 0 Å². The molecule has 0 radical (unpaired) electrons. The van der Waals surface area contributed by atoms with Gasteiger partial charge in [-0.15, -0.1) is 0 Å². The number of anilines is 1. The van der Waals surface area contributed by atoms with Crippen molar-refractivity contribution in [2.45, 2.75) is 25.3 Å². The topological polar surface area (TPSA) is 78.5 Å². The molecule has 0 aliphatic carbocycles. The standard InChI is InChI=1S/C20H20ClN3O3/c21-15-7-4-8-16(13-15)22-18(25)10-9-17-19(26)24(20(27)23-17)12-11-14-5-2-1-3-6-14/h1-8,13,17H,9-12H2,(H,22,25)(H,23,27). The SMILES string of the molecule is O=C(CCC1NC(=O)N(CCc2ccccc2)C1=O)Nc1cccc(Cl)c1. The monoisotopic (exact) mass is 385 g/mol. The van der Waals surface area contributed by atoms with Gasteiger partial charge in [-0.3, -0.25) is 14.5 Å². The van der Waals surface area contributed by atoms with E-state index in [2.05, 4.69) is 10.6 Å². The smallest absolute Gasteiger partial charge is 0.324 e. The molecule has 2 aromatic rings. The lowest BCUT2D eigenvalue weighted by molar-refractivity contribution is -0.127. The van der Waals surface area contributed by atoms with E-state index in [9.17, 15) is 14.4 Å². The van der Waals surface area contributed by atoms with Gasteiger partial charge < -0.3 is 10.6 Å². The first-order valence-corrected chi connectivity index (χ1v) is 9.12. The van der Waals surface area contributed by atoms with E-state index >= 15 is 0 Å². The van der Waals surface area contributed by atoms with Crippen LogP contribution < -0.4 is 10.6 Å². The summed E-state index contributed by atoms with van der Waals surface area (Å²) in [6.45, 7) is 0.319. The van der Waals surface area contributed by atoms with E-state index in [0.717, 1.165) is 5.56 Å². The van der Waals surface area contributed by atoms with Crippen LogP contribution in [-0.2, 0) is 16.0 Å². The van der Waals surface area contributed by atoms with Crippen LogP contribution in [0.25, 0.3) is 0 Å². The second-order valence-electron chi connectivity index (χ2n) is 6.32. The number of rotatable bonds is 7. The van der Waals surface area contributed by atoms with Crippen molar-refractivity contribution in [3.8, 4) is 0 Å².